The van der Waals surface area contributed by atoms with Crippen molar-refractivity contribution in [1.82, 2.24) is 14.5 Å². The summed E-state index contributed by atoms with van der Waals surface area (Å²) in [7, 11) is 0. The number of hydrogen-bond acceptors (Lipinski definition) is 8. The third-order valence-corrected chi connectivity index (χ3v) is 6.41. The Balaban J connectivity index is 1.61. The highest BCUT2D eigenvalue weighted by molar-refractivity contribution is 5.81. The number of nitrogen functional groups attached to an aromatic ring is 1. The van der Waals surface area contributed by atoms with Crippen molar-refractivity contribution in [3.8, 4) is 0 Å². The lowest BCUT2D eigenvalue weighted by Crippen LogP contribution is -2.59. The first kappa shape index (κ1) is 22.7. The third-order valence-electron chi connectivity index (χ3n) is 6.41. The van der Waals surface area contributed by atoms with Crippen molar-refractivity contribution < 1.29 is 14.6 Å². The molecule has 0 unspecified atom stereocenters. The molecule has 7 N–H and O–H groups in total. The second-order valence-electron chi connectivity index (χ2n) is 8.80. The van der Waals surface area contributed by atoms with Crippen LogP contribution >= 0.6 is 0 Å². The molecule has 3 heterocycles. The largest absolute Gasteiger partial charge is 0.388 e. The highest BCUT2D eigenvalue weighted by Gasteiger charge is 2.50. The predicted molar refractivity (Wildman–Crippen MR) is 113 cm³/mol. The zero-order valence-corrected chi connectivity index (χ0v) is 17.6. The number of aromatic nitrogens is 2. The van der Waals surface area contributed by atoms with E-state index in [1.165, 1.54) is 10.6 Å². The number of ether oxygens (including phenoxy) is 1. The van der Waals surface area contributed by atoms with Crippen LogP contribution in [0.5, 0.6) is 0 Å². The zero-order valence-electron chi connectivity index (χ0n) is 17.6. The van der Waals surface area contributed by atoms with Gasteiger partial charge in [0.2, 0.25) is 5.91 Å². The Labute approximate surface area is 176 Å². The number of nitrogens with two attached hydrogens (primary N) is 3. The van der Waals surface area contributed by atoms with E-state index in [2.05, 4.69) is 4.98 Å². The summed E-state index contributed by atoms with van der Waals surface area (Å²) in [5.74, 6) is 0.101. The topological polar surface area (TPSA) is 163 Å². The molecular formula is C20H34N6O4. The zero-order chi connectivity index (χ0) is 21.9. The first-order valence-corrected chi connectivity index (χ1v) is 10.6. The van der Waals surface area contributed by atoms with Gasteiger partial charge in [-0.05, 0) is 45.2 Å². The molecule has 0 aromatic carbocycles. The number of anilines is 1. The van der Waals surface area contributed by atoms with Crippen LogP contribution in [-0.4, -0.2) is 68.9 Å². The van der Waals surface area contributed by atoms with E-state index in [0.29, 0.717) is 45.3 Å². The number of rotatable bonds is 6. The lowest BCUT2D eigenvalue weighted by Gasteiger charge is -2.51. The van der Waals surface area contributed by atoms with Crippen molar-refractivity contribution >= 4 is 11.7 Å². The first-order chi connectivity index (χ1) is 14.2. The number of likely N-dealkylation sites (tertiary alicyclic amines) is 1. The lowest BCUT2D eigenvalue weighted by atomic mass is 9.75. The maximum absolute atomic E-state index is 12.6. The van der Waals surface area contributed by atoms with Gasteiger partial charge in [-0.15, -0.1) is 0 Å². The number of nitrogens with zero attached hydrogens (tertiary/aromatic N) is 3. The lowest BCUT2D eigenvalue weighted by molar-refractivity contribution is -0.198. The molecule has 2 fully saturated rings. The van der Waals surface area contributed by atoms with Crippen molar-refractivity contribution in [3.05, 3.63) is 22.7 Å². The number of aliphatic hydroxyl groups is 1. The number of unbranched alkanes of at least 4 members (excludes halogenated alkanes) is 1. The molecule has 2 aliphatic heterocycles. The fraction of sp³-hybridized carbons (Fsp3) is 0.750. The van der Waals surface area contributed by atoms with Crippen LogP contribution in [-0.2, 0) is 9.53 Å². The molecule has 168 valence electrons. The van der Waals surface area contributed by atoms with Crippen molar-refractivity contribution in [3.63, 3.8) is 0 Å². The molecule has 10 nitrogen and oxygen atoms in total. The van der Waals surface area contributed by atoms with Crippen LogP contribution in [0.2, 0.25) is 0 Å². The van der Waals surface area contributed by atoms with Gasteiger partial charge in [-0.1, -0.05) is 6.42 Å². The van der Waals surface area contributed by atoms with Gasteiger partial charge in [-0.2, -0.15) is 4.98 Å². The maximum Gasteiger partial charge on any atom is 0.349 e. The molecule has 1 aromatic heterocycles. The normalized spacial score (nSPS) is 27.2. The Hall–Kier alpha value is -2.01. The minimum Gasteiger partial charge on any atom is -0.388 e. The Bertz CT molecular complexity index is 803. The molecule has 0 aliphatic carbocycles. The summed E-state index contributed by atoms with van der Waals surface area (Å²) in [4.78, 5) is 30.4. The van der Waals surface area contributed by atoms with Gasteiger partial charge in [0, 0.05) is 25.7 Å². The highest BCUT2D eigenvalue weighted by atomic mass is 16.5. The number of piperidine rings is 1. The van der Waals surface area contributed by atoms with Crippen LogP contribution in [0.3, 0.4) is 0 Å². The second kappa shape index (κ2) is 9.01. The number of hydrogen-bond donors (Lipinski definition) is 4. The number of carbonyl (C=O) groups excluding carboxylic acids is 1. The Morgan fingerprint density at radius 1 is 1.40 bits per heavy atom. The molecule has 1 amide bonds. The Morgan fingerprint density at radius 2 is 2.10 bits per heavy atom. The fourth-order valence-electron chi connectivity index (χ4n) is 4.62. The summed E-state index contributed by atoms with van der Waals surface area (Å²) in [5.41, 5.74) is 14.9. The van der Waals surface area contributed by atoms with Gasteiger partial charge in [-0.25, -0.2) is 4.79 Å². The van der Waals surface area contributed by atoms with Gasteiger partial charge in [-0.3, -0.25) is 9.36 Å². The Kier molecular flexibility index (Phi) is 6.81. The van der Waals surface area contributed by atoms with E-state index in [1.807, 2.05) is 0 Å². The molecule has 3 rings (SSSR count). The number of carbonyl (C=O) groups is 1. The molecule has 0 radical (unpaired) electrons. The predicted octanol–water partition coefficient (Wildman–Crippen LogP) is -0.645. The van der Waals surface area contributed by atoms with Gasteiger partial charge in [0.25, 0.3) is 0 Å². The average molecular weight is 423 g/mol. The summed E-state index contributed by atoms with van der Waals surface area (Å²) in [6.45, 7) is 3.58. The smallest absolute Gasteiger partial charge is 0.349 e. The van der Waals surface area contributed by atoms with Crippen LogP contribution in [0.25, 0.3) is 0 Å². The van der Waals surface area contributed by atoms with Gasteiger partial charge in [0.05, 0.1) is 29.9 Å². The quantitative estimate of drug-likeness (QED) is 0.440. The average Bonchev–Trinajstić information content (AvgIpc) is 2.68. The molecule has 1 aromatic rings. The second-order valence-corrected chi connectivity index (χ2v) is 8.80. The van der Waals surface area contributed by atoms with E-state index in [0.717, 1.165) is 12.8 Å². The van der Waals surface area contributed by atoms with E-state index in [4.69, 9.17) is 21.9 Å². The van der Waals surface area contributed by atoms with E-state index in [1.54, 1.807) is 18.0 Å². The molecular weight excluding hydrogens is 388 g/mol. The van der Waals surface area contributed by atoms with E-state index in [9.17, 15) is 14.7 Å². The van der Waals surface area contributed by atoms with Crippen molar-refractivity contribution in [2.24, 2.45) is 11.5 Å². The minimum atomic E-state index is -1.16. The molecule has 30 heavy (non-hydrogen) atoms. The van der Waals surface area contributed by atoms with Crippen molar-refractivity contribution in [2.45, 2.75) is 68.7 Å². The van der Waals surface area contributed by atoms with Crippen molar-refractivity contribution in [2.75, 3.05) is 32.0 Å². The third kappa shape index (κ3) is 4.83. The molecule has 0 bridgehead atoms. The summed E-state index contributed by atoms with van der Waals surface area (Å²) < 4.78 is 7.58. The van der Waals surface area contributed by atoms with Gasteiger partial charge >= 0.3 is 5.69 Å². The molecule has 10 heteroatoms. The highest BCUT2D eigenvalue weighted by Crippen LogP contribution is 2.43. The van der Waals surface area contributed by atoms with Crippen LogP contribution in [0.1, 0.15) is 51.5 Å². The molecule has 1 spiro atoms. The van der Waals surface area contributed by atoms with Crippen LogP contribution in [0.15, 0.2) is 17.1 Å². The molecule has 3 atom stereocenters. The maximum atomic E-state index is 12.6. The van der Waals surface area contributed by atoms with Crippen LogP contribution < -0.4 is 22.9 Å². The minimum absolute atomic E-state index is 0.0400. The van der Waals surface area contributed by atoms with Gasteiger partial charge in [0.1, 0.15) is 5.82 Å². The molecule has 2 saturated heterocycles. The van der Waals surface area contributed by atoms with E-state index in [-0.39, 0.29) is 18.3 Å². The van der Waals surface area contributed by atoms with Crippen LogP contribution in [0, 0.1) is 0 Å². The van der Waals surface area contributed by atoms with E-state index < -0.39 is 29.0 Å². The Morgan fingerprint density at radius 3 is 2.70 bits per heavy atom. The summed E-state index contributed by atoms with van der Waals surface area (Å²) >= 11 is 0. The summed E-state index contributed by atoms with van der Waals surface area (Å²) in [6, 6.07) is 0.470. The van der Waals surface area contributed by atoms with Gasteiger partial charge < -0.3 is 31.9 Å². The summed E-state index contributed by atoms with van der Waals surface area (Å²) in [6.07, 6.45) is 5.48. The van der Waals surface area contributed by atoms with Crippen LogP contribution in [0.4, 0.5) is 5.82 Å². The summed E-state index contributed by atoms with van der Waals surface area (Å²) in [5, 5.41) is 11.2. The fourth-order valence-corrected chi connectivity index (χ4v) is 4.62. The van der Waals surface area contributed by atoms with Crippen molar-refractivity contribution in [1.29, 1.82) is 0 Å². The first-order valence-electron chi connectivity index (χ1n) is 10.6. The van der Waals surface area contributed by atoms with E-state index >= 15 is 0 Å². The SMILES string of the molecule is C[C@@]1(O)CC2(CCN(C(=O)[C@H](N)CCCCN)CC2)OC[C@H]1n1ccc(N)nc1=O. The number of amides is 1. The molecule has 0 saturated carbocycles. The van der Waals surface area contributed by atoms with Gasteiger partial charge in [0.15, 0.2) is 0 Å². The molecule has 2 aliphatic rings. The standard InChI is InChI=1S/C20H34N6O4/c1-19(29)13-20(30-12-15(19)26-9-5-16(23)24-18(26)28)6-10-25(11-7-20)17(27)14(22)4-2-3-8-21/h5,9,14-15,29H,2-4,6-8,10-13,21-22H2,1H3,(H2,23,24,28)/t14-,15-,19-/m1/s1. The monoisotopic (exact) mass is 422 g/mol.